The predicted molar refractivity (Wildman–Crippen MR) is 117 cm³/mol. The quantitative estimate of drug-likeness (QED) is 0.398. The second-order valence-corrected chi connectivity index (χ2v) is 6.64. The van der Waals surface area contributed by atoms with Gasteiger partial charge in [0.05, 0.1) is 19.0 Å². The molecule has 6 nitrogen and oxygen atoms in total. The largest absolute Gasteiger partial charge is 0.493 e. The molecule has 0 saturated heterocycles. The van der Waals surface area contributed by atoms with E-state index in [4.69, 9.17) is 14.3 Å². The third kappa shape index (κ3) is 6.30. The van der Waals surface area contributed by atoms with Gasteiger partial charge in [0.15, 0.2) is 11.5 Å². The van der Waals surface area contributed by atoms with Gasteiger partial charge in [0.25, 0.3) is 5.91 Å². The lowest BCUT2D eigenvalue weighted by atomic mass is 10.2. The molecule has 7 heteroatoms. The summed E-state index contributed by atoms with van der Waals surface area (Å²) in [5, 5.41) is 6.31. The topological polar surface area (TPSA) is 69.2 Å². The molecule has 0 heterocycles. The fraction of sp³-hybridized carbons (Fsp3) is 0.167. The van der Waals surface area contributed by atoms with Crippen LogP contribution in [0.3, 0.4) is 0 Å². The summed E-state index contributed by atoms with van der Waals surface area (Å²) in [6.45, 7) is 1.94. The molecule has 31 heavy (non-hydrogen) atoms. The van der Waals surface area contributed by atoms with Crippen molar-refractivity contribution in [2.24, 2.45) is 5.16 Å². The van der Waals surface area contributed by atoms with Crippen molar-refractivity contribution in [2.75, 3.05) is 12.4 Å². The third-order valence-electron chi connectivity index (χ3n) is 4.35. The number of amides is 1. The highest BCUT2D eigenvalue weighted by Crippen LogP contribution is 2.28. The molecule has 3 aromatic rings. The molecule has 0 aromatic heterocycles. The van der Waals surface area contributed by atoms with E-state index in [-0.39, 0.29) is 5.69 Å². The molecule has 0 aliphatic rings. The van der Waals surface area contributed by atoms with E-state index in [1.165, 1.54) is 25.3 Å². The van der Waals surface area contributed by atoms with Crippen molar-refractivity contribution < 1.29 is 23.5 Å². The standard InChI is InChI=1S/C24H23FN2O4/c1-17(24(28)27-21-11-7-6-10-20(21)25)31-26-15-19-12-13-22(23(14-19)29-2)30-16-18-8-4-3-5-9-18/h3-15,17H,16H2,1-2H3,(H,27,28)/b26-15+. The zero-order valence-electron chi connectivity index (χ0n) is 17.2. The summed E-state index contributed by atoms with van der Waals surface area (Å²) in [7, 11) is 1.55. The van der Waals surface area contributed by atoms with E-state index >= 15 is 0 Å². The Bertz CT molecular complexity index is 1040. The van der Waals surface area contributed by atoms with Crippen molar-refractivity contribution in [3.8, 4) is 11.5 Å². The first kappa shape index (κ1) is 21.8. The van der Waals surface area contributed by atoms with E-state index in [0.29, 0.717) is 23.7 Å². The van der Waals surface area contributed by atoms with Gasteiger partial charge in [-0.3, -0.25) is 4.79 Å². The first-order valence-electron chi connectivity index (χ1n) is 9.66. The molecule has 0 aliphatic carbocycles. The van der Waals surface area contributed by atoms with E-state index in [2.05, 4.69) is 10.5 Å². The van der Waals surface area contributed by atoms with Crippen LogP contribution in [0.4, 0.5) is 10.1 Å². The number of hydrogen-bond donors (Lipinski definition) is 1. The zero-order chi connectivity index (χ0) is 22.1. The number of nitrogens with zero attached hydrogens (tertiary/aromatic N) is 1. The normalized spacial score (nSPS) is 11.7. The SMILES string of the molecule is COc1cc(/C=N/OC(C)C(=O)Nc2ccccc2F)ccc1OCc1ccccc1. The van der Waals surface area contributed by atoms with E-state index in [1.807, 2.05) is 30.3 Å². The average molecular weight is 422 g/mol. The van der Waals surface area contributed by atoms with Crippen molar-refractivity contribution in [3.63, 3.8) is 0 Å². The number of ether oxygens (including phenoxy) is 2. The third-order valence-corrected chi connectivity index (χ3v) is 4.35. The smallest absolute Gasteiger partial charge is 0.268 e. The Morgan fingerprint density at radius 3 is 2.55 bits per heavy atom. The van der Waals surface area contributed by atoms with E-state index < -0.39 is 17.8 Å². The Morgan fingerprint density at radius 2 is 1.81 bits per heavy atom. The summed E-state index contributed by atoms with van der Waals surface area (Å²) < 4.78 is 24.9. The van der Waals surface area contributed by atoms with Gasteiger partial charge in [-0.05, 0) is 42.8 Å². The molecule has 3 aromatic carbocycles. The highest BCUT2D eigenvalue weighted by Gasteiger charge is 2.15. The fourth-order valence-corrected chi connectivity index (χ4v) is 2.65. The van der Waals surface area contributed by atoms with Crippen molar-refractivity contribution >= 4 is 17.8 Å². The maximum atomic E-state index is 13.6. The number of carbonyl (C=O) groups is 1. The molecule has 0 saturated carbocycles. The highest BCUT2D eigenvalue weighted by molar-refractivity contribution is 5.94. The van der Waals surface area contributed by atoms with E-state index in [0.717, 1.165) is 5.56 Å². The first-order valence-corrected chi connectivity index (χ1v) is 9.66. The van der Waals surface area contributed by atoms with Gasteiger partial charge in [-0.25, -0.2) is 4.39 Å². The lowest BCUT2D eigenvalue weighted by molar-refractivity contribution is -0.126. The molecule has 160 valence electrons. The first-order chi connectivity index (χ1) is 15.1. The molecule has 0 radical (unpaired) electrons. The van der Waals surface area contributed by atoms with Gasteiger partial charge in [0.1, 0.15) is 12.4 Å². The Morgan fingerprint density at radius 1 is 1.06 bits per heavy atom. The number of anilines is 1. The second-order valence-electron chi connectivity index (χ2n) is 6.64. The average Bonchev–Trinajstić information content (AvgIpc) is 2.80. The summed E-state index contributed by atoms with van der Waals surface area (Å²) in [5.41, 5.74) is 1.83. The molecular formula is C24H23FN2O4. The van der Waals surface area contributed by atoms with Crippen LogP contribution in [0.15, 0.2) is 78.0 Å². The molecule has 0 bridgehead atoms. The van der Waals surface area contributed by atoms with Gasteiger partial charge >= 0.3 is 0 Å². The second kappa shape index (κ2) is 10.8. The molecule has 1 N–H and O–H groups in total. The number of benzene rings is 3. The molecule has 1 amide bonds. The Kier molecular flexibility index (Phi) is 7.59. The van der Waals surface area contributed by atoms with Crippen LogP contribution in [0.5, 0.6) is 11.5 Å². The van der Waals surface area contributed by atoms with Gasteiger partial charge < -0.3 is 19.6 Å². The molecule has 0 fully saturated rings. The number of para-hydroxylation sites is 1. The van der Waals surface area contributed by atoms with Crippen LogP contribution < -0.4 is 14.8 Å². The summed E-state index contributed by atoms with van der Waals surface area (Å²) in [5.74, 6) is 0.116. The number of methoxy groups -OCH3 is 1. The van der Waals surface area contributed by atoms with Crippen LogP contribution in [-0.2, 0) is 16.2 Å². The number of rotatable bonds is 9. The van der Waals surface area contributed by atoms with Crippen molar-refractivity contribution in [2.45, 2.75) is 19.6 Å². The van der Waals surface area contributed by atoms with Gasteiger partial charge in [0, 0.05) is 5.56 Å². The minimum atomic E-state index is -0.911. The Balaban J connectivity index is 1.56. The van der Waals surface area contributed by atoms with Gasteiger partial charge in [-0.15, -0.1) is 0 Å². The summed E-state index contributed by atoms with van der Waals surface area (Å²) in [6.07, 6.45) is 0.544. The minimum Gasteiger partial charge on any atom is -0.493 e. The Hall–Kier alpha value is -3.87. The molecular weight excluding hydrogens is 399 g/mol. The van der Waals surface area contributed by atoms with Gasteiger partial charge in [-0.1, -0.05) is 47.6 Å². The number of halogens is 1. The van der Waals surface area contributed by atoms with Crippen LogP contribution in [-0.4, -0.2) is 25.3 Å². The summed E-state index contributed by atoms with van der Waals surface area (Å²) >= 11 is 0. The lowest BCUT2D eigenvalue weighted by Gasteiger charge is -2.12. The molecule has 0 spiro atoms. The maximum Gasteiger partial charge on any atom is 0.268 e. The van der Waals surface area contributed by atoms with Crippen LogP contribution in [0, 0.1) is 5.82 Å². The molecule has 1 atom stereocenters. The highest BCUT2D eigenvalue weighted by atomic mass is 19.1. The molecule has 3 rings (SSSR count). The van der Waals surface area contributed by atoms with Crippen LogP contribution in [0.2, 0.25) is 0 Å². The van der Waals surface area contributed by atoms with E-state index in [1.54, 1.807) is 37.4 Å². The zero-order valence-corrected chi connectivity index (χ0v) is 17.2. The number of oxime groups is 1. The summed E-state index contributed by atoms with van der Waals surface area (Å²) in [4.78, 5) is 17.3. The summed E-state index contributed by atoms with van der Waals surface area (Å²) in [6, 6.07) is 21.0. The van der Waals surface area contributed by atoms with Crippen LogP contribution >= 0.6 is 0 Å². The van der Waals surface area contributed by atoms with Gasteiger partial charge in [0.2, 0.25) is 6.10 Å². The predicted octanol–water partition coefficient (Wildman–Crippen LogP) is 4.79. The lowest BCUT2D eigenvalue weighted by Crippen LogP contribution is -2.26. The van der Waals surface area contributed by atoms with Crippen molar-refractivity contribution in [1.82, 2.24) is 0 Å². The van der Waals surface area contributed by atoms with Crippen LogP contribution in [0.25, 0.3) is 0 Å². The molecule has 1 unspecified atom stereocenters. The number of hydrogen-bond acceptors (Lipinski definition) is 5. The molecule has 0 aliphatic heterocycles. The van der Waals surface area contributed by atoms with E-state index in [9.17, 15) is 9.18 Å². The monoisotopic (exact) mass is 422 g/mol. The Labute approximate surface area is 180 Å². The van der Waals surface area contributed by atoms with Gasteiger partial charge in [-0.2, -0.15) is 0 Å². The fourth-order valence-electron chi connectivity index (χ4n) is 2.65. The number of carbonyl (C=O) groups excluding carboxylic acids is 1. The van der Waals surface area contributed by atoms with Crippen molar-refractivity contribution in [3.05, 3.63) is 89.7 Å². The number of nitrogens with one attached hydrogen (secondary N) is 1. The van der Waals surface area contributed by atoms with Crippen LogP contribution in [0.1, 0.15) is 18.1 Å². The maximum absolute atomic E-state index is 13.6. The van der Waals surface area contributed by atoms with Crippen molar-refractivity contribution in [1.29, 1.82) is 0 Å². The minimum absolute atomic E-state index is 0.0859.